The van der Waals surface area contributed by atoms with Crippen LogP contribution in [0.2, 0.25) is 0 Å². The molecule has 0 aliphatic heterocycles. The molecule has 3 heterocycles. The molecule has 0 spiro atoms. The van der Waals surface area contributed by atoms with E-state index in [0.29, 0.717) is 18.1 Å². The summed E-state index contributed by atoms with van der Waals surface area (Å²) in [4.78, 5) is 10.0. The van der Waals surface area contributed by atoms with Gasteiger partial charge in [0.1, 0.15) is 17.1 Å². The van der Waals surface area contributed by atoms with Crippen LogP contribution in [0.5, 0.6) is 5.75 Å². The molecule has 0 atom stereocenters. The summed E-state index contributed by atoms with van der Waals surface area (Å²) in [5.41, 5.74) is 3.35. The molecular weight excluding hydrogens is 328 g/mol. The Morgan fingerprint density at radius 3 is 2.81 bits per heavy atom. The van der Waals surface area contributed by atoms with Gasteiger partial charge in [-0.1, -0.05) is 18.2 Å². The SMILES string of the molecule is CCOc1cccc(-c2cncc(-n3nnc(-c4ccccn4)n3)c2)c1. The lowest BCUT2D eigenvalue weighted by atomic mass is 10.1. The van der Waals surface area contributed by atoms with Crippen molar-refractivity contribution in [1.82, 2.24) is 30.2 Å². The monoisotopic (exact) mass is 344 g/mol. The van der Waals surface area contributed by atoms with Gasteiger partial charge in [-0.25, -0.2) is 0 Å². The summed E-state index contributed by atoms with van der Waals surface area (Å²) in [7, 11) is 0. The fourth-order valence-electron chi connectivity index (χ4n) is 2.55. The lowest BCUT2D eigenvalue weighted by Gasteiger charge is -2.07. The van der Waals surface area contributed by atoms with Gasteiger partial charge in [0.15, 0.2) is 0 Å². The quantitative estimate of drug-likeness (QED) is 0.553. The molecule has 26 heavy (non-hydrogen) atoms. The van der Waals surface area contributed by atoms with Crippen LogP contribution in [0.25, 0.3) is 28.3 Å². The molecule has 128 valence electrons. The van der Waals surface area contributed by atoms with Gasteiger partial charge in [0.25, 0.3) is 0 Å². The number of tetrazole rings is 1. The third-order valence-corrected chi connectivity index (χ3v) is 3.74. The van der Waals surface area contributed by atoms with Crippen molar-refractivity contribution in [2.45, 2.75) is 6.92 Å². The first kappa shape index (κ1) is 15.9. The molecule has 0 saturated heterocycles. The summed E-state index contributed by atoms with van der Waals surface area (Å²) in [6, 6.07) is 15.4. The van der Waals surface area contributed by atoms with E-state index in [9.17, 15) is 0 Å². The van der Waals surface area contributed by atoms with Gasteiger partial charge in [-0.05, 0) is 48.0 Å². The molecule has 0 radical (unpaired) electrons. The van der Waals surface area contributed by atoms with E-state index >= 15 is 0 Å². The Balaban J connectivity index is 1.66. The van der Waals surface area contributed by atoms with Crippen LogP contribution >= 0.6 is 0 Å². The van der Waals surface area contributed by atoms with E-state index in [1.807, 2.05) is 55.5 Å². The largest absolute Gasteiger partial charge is 0.494 e. The summed E-state index contributed by atoms with van der Waals surface area (Å²) in [5, 5.41) is 12.6. The predicted molar refractivity (Wildman–Crippen MR) is 96.8 cm³/mol. The fraction of sp³-hybridized carbons (Fsp3) is 0.105. The average molecular weight is 344 g/mol. The molecule has 0 saturated carbocycles. The number of benzene rings is 1. The topological polar surface area (TPSA) is 78.6 Å². The predicted octanol–water partition coefficient (Wildman–Crippen LogP) is 3.19. The molecule has 0 fully saturated rings. The van der Waals surface area contributed by atoms with Gasteiger partial charge < -0.3 is 4.74 Å². The molecule has 4 rings (SSSR count). The normalized spacial score (nSPS) is 10.7. The Kier molecular flexibility index (Phi) is 4.34. The maximum absolute atomic E-state index is 5.57. The van der Waals surface area contributed by atoms with E-state index in [4.69, 9.17) is 4.74 Å². The Labute approximate surface area is 150 Å². The standard InChI is InChI=1S/C19H16N6O/c1-2-26-17-7-5-6-14(11-17)15-10-16(13-20-12-15)25-23-19(22-24-25)18-8-3-4-9-21-18/h3-13H,2H2,1H3. The molecule has 0 unspecified atom stereocenters. The van der Waals surface area contributed by atoms with Gasteiger partial charge in [-0.15, -0.1) is 15.0 Å². The minimum atomic E-state index is 0.467. The van der Waals surface area contributed by atoms with Crippen molar-refractivity contribution in [3.8, 4) is 34.1 Å². The number of pyridine rings is 2. The van der Waals surface area contributed by atoms with Crippen molar-refractivity contribution in [1.29, 1.82) is 0 Å². The third-order valence-electron chi connectivity index (χ3n) is 3.74. The first-order valence-corrected chi connectivity index (χ1v) is 8.23. The van der Waals surface area contributed by atoms with E-state index in [2.05, 4.69) is 25.4 Å². The lowest BCUT2D eigenvalue weighted by Crippen LogP contribution is -2.00. The summed E-state index contributed by atoms with van der Waals surface area (Å²) >= 11 is 0. The zero-order chi connectivity index (χ0) is 17.8. The fourth-order valence-corrected chi connectivity index (χ4v) is 2.55. The van der Waals surface area contributed by atoms with Crippen molar-refractivity contribution in [2.75, 3.05) is 6.61 Å². The number of aromatic nitrogens is 6. The molecule has 1 aromatic carbocycles. The lowest BCUT2D eigenvalue weighted by molar-refractivity contribution is 0.340. The molecular formula is C19H16N6O. The first-order chi connectivity index (χ1) is 12.8. The molecule has 3 aromatic heterocycles. The van der Waals surface area contributed by atoms with Crippen LogP contribution in [-0.4, -0.2) is 36.8 Å². The summed E-state index contributed by atoms with van der Waals surface area (Å²) < 4.78 is 5.57. The van der Waals surface area contributed by atoms with Gasteiger partial charge >= 0.3 is 0 Å². The van der Waals surface area contributed by atoms with Crippen LogP contribution in [0.15, 0.2) is 67.1 Å². The highest BCUT2D eigenvalue weighted by atomic mass is 16.5. The van der Waals surface area contributed by atoms with Crippen molar-refractivity contribution in [2.24, 2.45) is 0 Å². The van der Waals surface area contributed by atoms with Gasteiger partial charge in [0, 0.05) is 18.0 Å². The number of hydrogen-bond donors (Lipinski definition) is 0. The number of nitrogens with zero attached hydrogens (tertiary/aromatic N) is 6. The molecule has 7 heteroatoms. The van der Waals surface area contributed by atoms with E-state index in [1.165, 1.54) is 4.80 Å². The molecule has 4 aromatic rings. The molecule has 0 amide bonds. The van der Waals surface area contributed by atoms with Gasteiger partial charge in [-0.2, -0.15) is 0 Å². The Bertz CT molecular complexity index is 1020. The Morgan fingerprint density at radius 1 is 1.00 bits per heavy atom. The molecule has 0 N–H and O–H groups in total. The van der Waals surface area contributed by atoms with E-state index < -0.39 is 0 Å². The molecule has 0 aliphatic carbocycles. The minimum absolute atomic E-state index is 0.467. The number of rotatable bonds is 5. The van der Waals surface area contributed by atoms with Crippen LogP contribution in [0.4, 0.5) is 0 Å². The van der Waals surface area contributed by atoms with Gasteiger partial charge in [0.05, 0.1) is 12.8 Å². The Morgan fingerprint density at radius 2 is 1.96 bits per heavy atom. The summed E-state index contributed by atoms with van der Waals surface area (Å²) in [6.07, 6.45) is 5.19. The van der Waals surface area contributed by atoms with E-state index in [0.717, 1.165) is 22.6 Å². The van der Waals surface area contributed by atoms with Crippen molar-refractivity contribution in [3.63, 3.8) is 0 Å². The average Bonchev–Trinajstić information content (AvgIpc) is 3.20. The van der Waals surface area contributed by atoms with E-state index in [1.54, 1.807) is 18.6 Å². The second-order valence-corrected chi connectivity index (χ2v) is 5.51. The second-order valence-electron chi connectivity index (χ2n) is 5.51. The number of hydrogen-bond acceptors (Lipinski definition) is 6. The third kappa shape index (κ3) is 3.27. The highest BCUT2D eigenvalue weighted by molar-refractivity contribution is 5.66. The van der Waals surface area contributed by atoms with Crippen molar-refractivity contribution >= 4 is 0 Å². The van der Waals surface area contributed by atoms with Crippen LogP contribution in [0, 0.1) is 0 Å². The molecule has 0 bridgehead atoms. The summed E-state index contributed by atoms with van der Waals surface area (Å²) in [5.74, 6) is 1.29. The zero-order valence-electron chi connectivity index (χ0n) is 14.1. The van der Waals surface area contributed by atoms with Crippen LogP contribution in [0.3, 0.4) is 0 Å². The first-order valence-electron chi connectivity index (χ1n) is 8.23. The van der Waals surface area contributed by atoms with E-state index in [-0.39, 0.29) is 0 Å². The van der Waals surface area contributed by atoms with Gasteiger partial charge in [0.2, 0.25) is 5.82 Å². The van der Waals surface area contributed by atoms with Gasteiger partial charge in [-0.3, -0.25) is 9.97 Å². The Hall–Kier alpha value is -3.61. The molecule has 7 nitrogen and oxygen atoms in total. The zero-order valence-corrected chi connectivity index (χ0v) is 14.1. The highest BCUT2D eigenvalue weighted by Crippen LogP contribution is 2.24. The highest BCUT2D eigenvalue weighted by Gasteiger charge is 2.09. The maximum Gasteiger partial charge on any atom is 0.223 e. The van der Waals surface area contributed by atoms with Crippen LogP contribution in [-0.2, 0) is 0 Å². The maximum atomic E-state index is 5.57. The molecule has 0 aliphatic rings. The summed E-state index contributed by atoms with van der Waals surface area (Å²) in [6.45, 7) is 2.59. The van der Waals surface area contributed by atoms with Crippen molar-refractivity contribution in [3.05, 3.63) is 67.1 Å². The second kappa shape index (κ2) is 7.10. The number of ether oxygens (including phenoxy) is 1. The van der Waals surface area contributed by atoms with Crippen molar-refractivity contribution < 1.29 is 4.74 Å². The van der Waals surface area contributed by atoms with Crippen LogP contribution < -0.4 is 4.74 Å². The minimum Gasteiger partial charge on any atom is -0.494 e. The van der Waals surface area contributed by atoms with Crippen LogP contribution in [0.1, 0.15) is 6.92 Å². The smallest absolute Gasteiger partial charge is 0.223 e.